The van der Waals surface area contributed by atoms with Gasteiger partial charge >= 0.3 is 5.97 Å². The molecule has 6 nitrogen and oxygen atoms in total. The van der Waals surface area contributed by atoms with Crippen LogP contribution >= 0.6 is 0 Å². The van der Waals surface area contributed by atoms with E-state index in [-0.39, 0.29) is 17.3 Å². The Morgan fingerprint density at radius 2 is 2.10 bits per heavy atom. The number of benzene rings is 1. The van der Waals surface area contributed by atoms with Crippen LogP contribution in [0.4, 0.5) is 8.78 Å². The van der Waals surface area contributed by atoms with Gasteiger partial charge in [0.2, 0.25) is 0 Å². The fraction of sp³-hybridized carbons (Fsp3) is 0.250. The number of aromatic nitrogens is 2. The van der Waals surface area contributed by atoms with Crippen molar-refractivity contribution in [1.82, 2.24) is 10.1 Å². The van der Waals surface area contributed by atoms with Gasteiger partial charge in [0.25, 0.3) is 5.89 Å². The van der Waals surface area contributed by atoms with E-state index < -0.39 is 23.2 Å². The third-order valence-corrected chi connectivity index (χ3v) is 2.52. The summed E-state index contributed by atoms with van der Waals surface area (Å²) in [4.78, 5) is 15.0. The first kappa shape index (κ1) is 14.1. The summed E-state index contributed by atoms with van der Waals surface area (Å²) < 4.78 is 36.0. The molecule has 0 saturated heterocycles. The van der Waals surface area contributed by atoms with Gasteiger partial charge in [0, 0.05) is 13.5 Å². The van der Waals surface area contributed by atoms with Crippen molar-refractivity contribution in [2.24, 2.45) is 0 Å². The van der Waals surface area contributed by atoms with Gasteiger partial charge in [0.05, 0.1) is 17.7 Å². The van der Waals surface area contributed by atoms with Crippen molar-refractivity contribution in [2.75, 3.05) is 13.7 Å². The normalized spacial score (nSPS) is 10.8. The number of rotatable bonds is 5. The fourth-order valence-electron chi connectivity index (χ4n) is 1.56. The lowest BCUT2D eigenvalue weighted by Crippen LogP contribution is -2.03. The Labute approximate surface area is 112 Å². The second-order valence-electron chi connectivity index (χ2n) is 3.88. The summed E-state index contributed by atoms with van der Waals surface area (Å²) in [5.74, 6) is -3.78. The number of carboxylic acids is 1. The zero-order valence-corrected chi connectivity index (χ0v) is 10.4. The Kier molecular flexibility index (Phi) is 4.04. The van der Waals surface area contributed by atoms with Crippen LogP contribution in [0, 0.1) is 11.6 Å². The van der Waals surface area contributed by atoms with Gasteiger partial charge in [-0.3, -0.25) is 0 Å². The molecule has 1 aromatic heterocycles. The van der Waals surface area contributed by atoms with Crippen LogP contribution in [0.25, 0.3) is 11.5 Å². The molecule has 1 heterocycles. The van der Waals surface area contributed by atoms with E-state index in [1.54, 1.807) is 0 Å². The average molecular weight is 284 g/mol. The second kappa shape index (κ2) is 5.74. The zero-order chi connectivity index (χ0) is 14.7. The summed E-state index contributed by atoms with van der Waals surface area (Å²) in [6.07, 6.45) is 0.353. The molecule has 0 aliphatic carbocycles. The number of hydrogen-bond acceptors (Lipinski definition) is 5. The number of aromatic carboxylic acids is 1. The molecule has 20 heavy (non-hydrogen) atoms. The van der Waals surface area contributed by atoms with E-state index in [4.69, 9.17) is 14.4 Å². The predicted molar refractivity (Wildman–Crippen MR) is 62.2 cm³/mol. The number of methoxy groups -OCH3 is 1. The van der Waals surface area contributed by atoms with Crippen LogP contribution in [-0.2, 0) is 11.2 Å². The van der Waals surface area contributed by atoms with Crippen molar-refractivity contribution in [3.05, 3.63) is 35.2 Å². The summed E-state index contributed by atoms with van der Waals surface area (Å²) >= 11 is 0. The van der Waals surface area contributed by atoms with Gasteiger partial charge in [-0.1, -0.05) is 5.16 Å². The minimum Gasteiger partial charge on any atom is -0.478 e. The van der Waals surface area contributed by atoms with Gasteiger partial charge in [-0.05, 0) is 12.1 Å². The van der Waals surface area contributed by atoms with Crippen LogP contribution in [0.15, 0.2) is 16.7 Å². The van der Waals surface area contributed by atoms with Crippen molar-refractivity contribution in [2.45, 2.75) is 6.42 Å². The molecule has 0 radical (unpaired) electrons. The molecule has 106 valence electrons. The molecule has 0 amide bonds. The highest BCUT2D eigenvalue weighted by Gasteiger charge is 2.20. The second-order valence-corrected chi connectivity index (χ2v) is 3.88. The smallest absolute Gasteiger partial charge is 0.336 e. The number of nitrogens with zero attached hydrogens (tertiary/aromatic N) is 2. The Morgan fingerprint density at radius 1 is 1.40 bits per heavy atom. The van der Waals surface area contributed by atoms with E-state index in [0.717, 1.165) is 0 Å². The van der Waals surface area contributed by atoms with Crippen molar-refractivity contribution < 1.29 is 27.9 Å². The Hall–Kier alpha value is -2.35. The van der Waals surface area contributed by atoms with Crippen LogP contribution in [0.3, 0.4) is 0 Å². The maximum atomic E-state index is 13.2. The van der Waals surface area contributed by atoms with Crippen LogP contribution in [0.1, 0.15) is 16.2 Å². The van der Waals surface area contributed by atoms with E-state index in [1.807, 2.05) is 0 Å². The summed E-state index contributed by atoms with van der Waals surface area (Å²) in [6.45, 7) is 0.350. The molecule has 1 N–H and O–H groups in total. The highest BCUT2D eigenvalue weighted by atomic mass is 19.2. The number of carboxylic acid groups (broad SMARTS) is 1. The van der Waals surface area contributed by atoms with Crippen molar-refractivity contribution in [1.29, 1.82) is 0 Å². The molecule has 0 atom stereocenters. The lowest BCUT2D eigenvalue weighted by molar-refractivity contribution is 0.0696. The molecule has 2 rings (SSSR count). The van der Waals surface area contributed by atoms with Crippen LogP contribution in [-0.4, -0.2) is 34.9 Å². The largest absolute Gasteiger partial charge is 0.478 e. The molecule has 0 aliphatic rings. The van der Waals surface area contributed by atoms with E-state index >= 15 is 0 Å². The zero-order valence-electron chi connectivity index (χ0n) is 10.4. The SMILES string of the molecule is COCCc1noc(-c2cc(F)c(F)cc2C(=O)O)n1. The van der Waals surface area contributed by atoms with Gasteiger partial charge in [-0.2, -0.15) is 4.98 Å². The molecule has 8 heteroatoms. The third kappa shape index (κ3) is 2.80. The summed E-state index contributed by atoms with van der Waals surface area (Å²) in [5, 5.41) is 12.6. The monoisotopic (exact) mass is 284 g/mol. The molecule has 0 bridgehead atoms. The molecule has 1 aromatic carbocycles. The van der Waals surface area contributed by atoms with Gasteiger partial charge in [-0.15, -0.1) is 0 Å². The molecule has 0 aliphatic heterocycles. The molecule has 0 spiro atoms. The highest BCUT2D eigenvalue weighted by Crippen LogP contribution is 2.25. The van der Waals surface area contributed by atoms with Gasteiger partial charge < -0.3 is 14.4 Å². The minimum atomic E-state index is -1.42. The molecule has 0 saturated carbocycles. The van der Waals surface area contributed by atoms with Gasteiger partial charge in [0.15, 0.2) is 17.5 Å². The maximum Gasteiger partial charge on any atom is 0.336 e. The first-order chi connectivity index (χ1) is 9.52. The molecular formula is C12H10F2N2O4. The number of halogens is 2. The van der Waals surface area contributed by atoms with E-state index in [0.29, 0.717) is 25.2 Å². The minimum absolute atomic E-state index is 0.174. The Morgan fingerprint density at radius 3 is 2.75 bits per heavy atom. The third-order valence-electron chi connectivity index (χ3n) is 2.52. The van der Waals surface area contributed by atoms with Crippen LogP contribution in [0.5, 0.6) is 0 Å². The average Bonchev–Trinajstić information content (AvgIpc) is 2.87. The molecule has 2 aromatic rings. The van der Waals surface area contributed by atoms with E-state index in [1.165, 1.54) is 7.11 Å². The Bertz CT molecular complexity index is 642. The lowest BCUT2D eigenvalue weighted by Gasteiger charge is -2.02. The van der Waals surface area contributed by atoms with Crippen molar-refractivity contribution >= 4 is 5.97 Å². The number of hydrogen-bond donors (Lipinski definition) is 1. The fourth-order valence-corrected chi connectivity index (χ4v) is 1.56. The van der Waals surface area contributed by atoms with E-state index in [2.05, 4.69) is 10.1 Å². The number of ether oxygens (including phenoxy) is 1. The first-order valence-electron chi connectivity index (χ1n) is 5.57. The predicted octanol–water partition coefficient (Wildman–Crippen LogP) is 1.90. The van der Waals surface area contributed by atoms with Crippen molar-refractivity contribution in [3.63, 3.8) is 0 Å². The van der Waals surface area contributed by atoms with Crippen LogP contribution in [0.2, 0.25) is 0 Å². The number of carbonyl (C=O) groups is 1. The highest BCUT2D eigenvalue weighted by molar-refractivity contribution is 5.94. The molecule has 0 fully saturated rings. The lowest BCUT2D eigenvalue weighted by atomic mass is 10.1. The summed E-state index contributed by atoms with van der Waals surface area (Å²) in [5.41, 5.74) is -0.626. The quantitative estimate of drug-likeness (QED) is 0.902. The van der Waals surface area contributed by atoms with E-state index in [9.17, 15) is 13.6 Å². The molecular weight excluding hydrogens is 274 g/mol. The first-order valence-corrected chi connectivity index (χ1v) is 5.57. The standard InChI is InChI=1S/C12H10F2N2O4/c1-19-3-2-10-15-11(20-16-10)6-4-8(13)9(14)5-7(6)12(17)18/h4-5H,2-3H2,1H3,(H,17,18). The summed E-state index contributed by atoms with van der Waals surface area (Å²) in [7, 11) is 1.50. The molecule has 0 unspecified atom stereocenters. The van der Waals surface area contributed by atoms with Crippen LogP contribution < -0.4 is 0 Å². The summed E-state index contributed by atoms with van der Waals surface area (Å²) in [6, 6.07) is 1.29. The topological polar surface area (TPSA) is 85.5 Å². The maximum absolute atomic E-state index is 13.2. The van der Waals surface area contributed by atoms with Gasteiger partial charge in [-0.25, -0.2) is 13.6 Å². The van der Waals surface area contributed by atoms with Crippen molar-refractivity contribution in [3.8, 4) is 11.5 Å². The Balaban J connectivity index is 2.43. The van der Waals surface area contributed by atoms with Gasteiger partial charge in [0.1, 0.15) is 0 Å².